The third-order valence-corrected chi connectivity index (χ3v) is 7.05. The quantitative estimate of drug-likeness (QED) is 0.352. The highest BCUT2D eigenvalue weighted by Crippen LogP contribution is 2.39. The van der Waals surface area contributed by atoms with Gasteiger partial charge in [0.05, 0.1) is 27.0 Å². The van der Waals surface area contributed by atoms with Crippen molar-refractivity contribution < 1.29 is 4.79 Å². The number of fused-ring (bicyclic) bond motifs is 1. The first kappa shape index (κ1) is 18.5. The van der Waals surface area contributed by atoms with Gasteiger partial charge in [0.15, 0.2) is 0 Å². The van der Waals surface area contributed by atoms with Crippen LogP contribution in [-0.4, -0.2) is 21.6 Å². The van der Waals surface area contributed by atoms with Crippen LogP contribution in [0, 0.1) is 6.92 Å². The Balaban J connectivity index is 1.61. The summed E-state index contributed by atoms with van der Waals surface area (Å²) < 4.78 is 0. The summed E-state index contributed by atoms with van der Waals surface area (Å²) in [6.45, 7) is 2.05. The second-order valence-electron chi connectivity index (χ2n) is 6.94. The Morgan fingerprint density at radius 1 is 1.14 bits per heavy atom. The number of carbonyl (C=O) groups is 1. The van der Waals surface area contributed by atoms with Gasteiger partial charge in [-0.3, -0.25) is 4.79 Å². The molecule has 144 valence electrons. The van der Waals surface area contributed by atoms with Gasteiger partial charge in [-0.25, -0.2) is 9.99 Å². The second kappa shape index (κ2) is 7.37. The summed E-state index contributed by atoms with van der Waals surface area (Å²) in [5.41, 5.74) is 3.72. The molecule has 0 aliphatic carbocycles. The maximum Gasteiger partial charge on any atom is 0.284 e. The lowest BCUT2D eigenvalue weighted by molar-refractivity contribution is 0.0716. The number of carbonyl (C=O) groups excluding carboxylic acids is 1. The van der Waals surface area contributed by atoms with E-state index in [4.69, 9.17) is 16.7 Å². The fourth-order valence-electron chi connectivity index (χ4n) is 3.57. The normalized spacial score (nSPS) is 16.4. The minimum atomic E-state index is -0.286. The SMILES string of the molecule is Cc1ccc2nc(Cl)c([C@@H]3CC(c4cccs4)=NN3C(=O)c3cccs3)cc2c1. The molecular formula is C22H16ClN3OS2. The molecule has 0 N–H and O–H groups in total. The third-order valence-electron chi connectivity index (χ3n) is 4.97. The van der Waals surface area contributed by atoms with Crippen LogP contribution in [-0.2, 0) is 0 Å². The summed E-state index contributed by atoms with van der Waals surface area (Å²) in [7, 11) is 0. The van der Waals surface area contributed by atoms with E-state index in [1.54, 1.807) is 16.3 Å². The van der Waals surface area contributed by atoms with Crippen molar-refractivity contribution >= 4 is 56.8 Å². The molecule has 0 saturated carbocycles. The van der Waals surface area contributed by atoms with Crippen molar-refractivity contribution in [2.75, 3.05) is 0 Å². The average Bonchev–Trinajstić information content (AvgIpc) is 3.48. The molecule has 4 heterocycles. The van der Waals surface area contributed by atoms with Gasteiger partial charge in [0.1, 0.15) is 5.15 Å². The highest BCUT2D eigenvalue weighted by molar-refractivity contribution is 7.12. The lowest BCUT2D eigenvalue weighted by Crippen LogP contribution is -2.26. The number of aryl methyl sites for hydroxylation is 1. The van der Waals surface area contributed by atoms with Crippen LogP contribution >= 0.6 is 34.3 Å². The molecule has 29 heavy (non-hydrogen) atoms. The number of hydrazone groups is 1. The van der Waals surface area contributed by atoms with Gasteiger partial charge in [0.25, 0.3) is 5.91 Å². The molecule has 3 aromatic heterocycles. The number of hydrogen-bond donors (Lipinski definition) is 0. The van der Waals surface area contributed by atoms with Gasteiger partial charge in [-0.05, 0) is 48.0 Å². The molecule has 1 amide bonds. The summed E-state index contributed by atoms with van der Waals surface area (Å²) in [6, 6.07) is 15.6. The van der Waals surface area contributed by atoms with Crippen LogP contribution in [0.3, 0.4) is 0 Å². The zero-order valence-corrected chi connectivity index (χ0v) is 17.9. The van der Waals surface area contributed by atoms with E-state index in [-0.39, 0.29) is 11.9 Å². The molecule has 1 aromatic carbocycles. The Labute approximate surface area is 181 Å². The number of nitrogens with zero attached hydrogens (tertiary/aromatic N) is 3. The molecule has 1 aliphatic rings. The molecule has 0 unspecified atom stereocenters. The van der Waals surface area contributed by atoms with Crippen LogP contribution in [0.4, 0.5) is 0 Å². The number of halogens is 1. The van der Waals surface area contributed by atoms with Gasteiger partial charge >= 0.3 is 0 Å². The first-order chi connectivity index (χ1) is 14.1. The Morgan fingerprint density at radius 2 is 1.97 bits per heavy atom. The average molecular weight is 438 g/mol. The summed E-state index contributed by atoms with van der Waals surface area (Å²) in [5.74, 6) is -0.114. The van der Waals surface area contributed by atoms with E-state index in [9.17, 15) is 4.79 Å². The third kappa shape index (κ3) is 3.37. The smallest absolute Gasteiger partial charge is 0.266 e. The van der Waals surface area contributed by atoms with Crippen molar-refractivity contribution in [3.8, 4) is 0 Å². The van der Waals surface area contributed by atoms with E-state index < -0.39 is 0 Å². The summed E-state index contributed by atoms with van der Waals surface area (Å²) >= 11 is 9.63. The lowest BCUT2D eigenvalue weighted by Gasteiger charge is -2.22. The first-order valence-electron chi connectivity index (χ1n) is 9.15. The van der Waals surface area contributed by atoms with Crippen LogP contribution in [0.1, 0.15) is 38.1 Å². The molecule has 4 aromatic rings. The summed E-state index contributed by atoms with van der Waals surface area (Å²) in [4.78, 5) is 19.5. The van der Waals surface area contributed by atoms with Gasteiger partial charge in [0, 0.05) is 17.4 Å². The topological polar surface area (TPSA) is 45.6 Å². The predicted octanol–water partition coefficient (Wildman–Crippen LogP) is 6.31. The molecule has 0 bridgehead atoms. The van der Waals surface area contributed by atoms with E-state index in [2.05, 4.69) is 11.1 Å². The largest absolute Gasteiger partial charge is 0.284 e. The minimum absolute atomic E-state index is 0.114. The van der Waals surface area contributed by atoms with E-state index in [0.29, 0.717) is 16.5 Å². The molecule has 0 saturated heterocycles. The van der Waals surface area contributed by atoms with Crippen molar-refractivity contribution in [2.45, 2.75) is 19.4 Å². The fourth-order valence-corrected chi connectivity index (χ4v) is 5.21. The standard InChI is InChI=1S/C22H16ClN3OS2/c1-13-6-7-16-14(10-13)11-15(21(23)24-16)18-12-17(19-4-2-8-28-19)25-26(18)22(27)20-5-3-9-29-20/h2-11,18H,12H2,1H3/t18-/m0/s1. The maximum absolute atomic E-state index is 13.2. The first-order valence-corrected chi connectivity index (χ1v) is 11.3. The summed E-state index contributed by atoms with van der Waals surface area (Å²) in [5, 5.41) is 11.6. The molecule has 0 fully saturated rings. The van der Waals surface area contributed by atoms with Gasteiger partial charge in [-0.15, -0.1) is 22.7 Å². The molecule has 1 atom stereocenters. The van der Waals surface area contributed by atoms with Gasteiger partial charge in [-0.2, -0.15) is 5.10 Å². The summed E-state index contributed by atoms with van der Waals surface area (Å²) in [6.07, 6.45) is 0.607. The number of amides is 1. The molecule has 0 spiro atoms. The van der Waals surface area contributed by atoms with E-state index in [1.807, 2.05) is 60.1 Å². The van der Waals surface area contributed by atoms with E-state index in [1.165, 1.54) is 11.3 Å². The number of benzene rings is 1. The molecule has 7 heteroatoms. The van der Waals surface area contributed by atoms with Crippen molar-refractivity contribution in [2.24, 2.45) is 5.10 Å². The molecule has 0 radical (unpaired) electrons. The van der Waals surface area contributed by atoms with Crippen molar-refractivity contribution in [1.29, 1.82) is 0 Å². The van der Waals surface area contributed by atoms with Crippen LogP contribution in [0.2, 0.25) is 5.15 Å². The Bertz CT molecular complexity index is 1230. The Morgan fingerprint density at radius 3 is 2.72 bits per heavy atom. The van der Waals surface area contributed by atoms with Gasteiger partial charge in [-0.1, -0.05) is 35.4 Å². The highest BCUT2D eigenvalue weighted by Gasteiger charge is 2.36. The Kier molecular flexibility index (Phi) is 4.70. The molecular weight excluding hydrogens is 422 g/mol. The fraction of sp³-hybridized carbons (Fsp3) is 0.136. The number of pyridine rings is 1. The highest BCUT2D eigenvalue weighted by atomic mass is 35.5. The molecule has 1 aliphatic heterocycles. The number of rotatable bonds is 3. The number of hydrogen-bond acceptors (Lipinski definition) is 5. The minimum Gasteiger partial charge on any atom is -0.266 e. The second-order valence-corrected chi connectivity index (χ2v) is 9.19. The van der Waals surface area contributed by atoms with Gasteiger partial charge in [0.2, 0.25) is 0 Å². The predicted molar refractivity (Wildman–Crippen MR) is 120 cm³/mol. The van der Waals surface area contributed by atoms with Crippen LogP contribution in [0.15, 0.2) is 64.4 Å². The van der Waals surface area contributed by atoms with Crippen LogP contribution in [0.25, 0.3) is 10.9 Å². The maximum atomic E-state index is 13.2. The zero-order valence-electron chi connectivity index (χ0n) is 15.5. The lowest BCUT2D eigenvalue weighted by atomic mass is 10.0. The zero-order chi connectivity index (χ0) is 20.0. The van der Waals surface area contributed by atoms with E-state index in [0.717, 1.165) is 32.6 Å². The van der Waals surface area contributed by atoms with E-state index >= 15 is 0 Å². The van der Waals surface area contributed by atoms with Crippen molar-refractivity contribution in [3.05, 3.63) is 85.3 Å². The van der Waals surface area contributed by atoms with Crippen molar-refractivity contribution in [1.82, 2.24) is 9.99 Å². The molecule has 4 nitrogen and oxygen atoms in total. The monoisotopic (exact) mass is 437 g/mol. The number of thiophene rings is 2. The van der Waals surface area contributed by atoms with Crippen LogP contribution < -0.4 is 0 Å². The van der Waals surface area contributed by atoms with Crippen molar-refractivity contribution in [3.63, 3.8) is 0 Å². The Hall–Kier alpha value is -2.54. The number of aromatic nitrogens is 1. The van der Waals surface area contributed by atoms with Crippen LogP contribution in [0.5, 0.6) is 0 Å². The molecule has 5 rings (SSSR count). The van der Waals surface area contributed by atoms with Gasteiger partial charge < -0.3 is 0 Å².